The Kier molecular flexibility index (Phi) is 6.80. The third kappa shape index (κ3) is 6.39. The van der Waals surface area contributed by atoms with Gasteiger partial charge in [-0.2, -0.15) is 0 Å². The Bertz CT molecular complexity index is 275. The molecule has 0 aromatic carbocycles. The van der Waals surface area contributed by atoms with Crippen LogP contribution < -0.4 is 5.32 Å². The van der Waals surface area contributed by atoms with Crippen molar-refractivity contribution in [2.75, 3.05) is 20.2 Å². The first-order chi connectivity index (χ1) is 8.93. The number of methoxy groups -OCH3 is 1. The van der Waals surface area contributed by atoms with E-state index < -0.39 is 0 Å². The highest BCUT2D eigenvalue weighted by molar-refractivity contribution is 5.75. The molecule has 1 rings (SSSR count). The van der Waals surface area contributed by atoms with Crippen molar-refractivity contribution in [3.8, 4) is 0 Å². The fourth-order valence-corrected chi connectivity index (χ4v) is 2.44. The minimum atomic E-state index is -0.182. The maximum absolute atomic E-state index is 11.8. The first-order valence-corrected chi connectivity index (χ1v) is 7.52. The summed E-state index contributed by atoms with van der Waals surface area (Å²) in [6, 6.07) is 0.863. The minimum Gasteiger partial charge on any atom is -0.468 e. The molecule has 1 atom stereocenters. The van der Waals surface area contributed by atoms with Crippen LogP contribution in [0.25, 0.3) is 0 Å². The Morgan fingerprint density at radius 3 is 2.37 bits per heavy atom. The average molecular weight is 270 g/mol. The Labute approximate surface area is 117 Å². The SMILES string of the molecule is COC(=O)C(CCN(CC(C)C)C1CC1)NC(C)C. The predicted molar refractivity (Wildman–Crippen MR) is 78.1 cm³/mol. The van der Waals surface area contributed by atoms with E-state index in [9.17, 15) is 4.79 Å². The summed E-state index contributed by atoms with van der Waals surface area (Å²) in [5.41, 5.74) is 0. The standard InChI is InChI=1S/C15H30N2O2/c1-11(2)10-17(13-6-7-13)9-8-14(15(18)19-5)16-12(3)4/h11-14,16H,6-10H2,1-5H3. The van der Waals surface area contributed by atoms with E-state index in [0.717, 1.165) is 25.6 Å². The van der Waals surface area contributed by atoms with Crippen LogP contribution in [-0.2, 0) is 9.53 Å². The molecule has 0 heterocycles. The molecule has 0 saturated heterocycles. The quantitative estimate of drug-likeness (QED) is 0.651. The molecule has 0 aromatic rings. The van der Waals surface area contributed by atoms with E-state index in [2.05, 4.69) is 37.9 Å². The smallest absolute Gasteiger partial charge is 0.322 e. The van der Waals surface area contributed by atoms with E-state index in [-0.39, 0.29) is 12.0 Å². The molecular weight excluding hydrogens is 240 g/mol. The van der Waals surface area contributed by atoms with Gasteiger partial charge >= 0.3 is 5.97 Å². The van der Waals surface area contributed by atoms with Gasteiger partial charge in [-0.15, -0.1) is 0 Å². The topological polar surface area (TPSA) is 41.6 Å². The number of nitrogens with zero attached hydrogens (tertiary/aromatic N) is 1. The Balaban J connectivity index is 2.45. The van der Waals surface area contributed by atoms with Gasteiger partial charge in [-0.25, -0.2) is 0 Å². The van der Waals surface area contributed by atoms with Crippen molar-refractivity contribution in [1.29, 1.82) is 0 Å². The zero-order valence-corrected chi connectivity index (χ0v) is 13.1. The fourth-order valence-electron chi connectivity index (χ4n) is 2.44. The van der Waals surface area contributed by atoms with Crippen molar-refractivity contribution in [3.63, 3.8) is 0 Å². The monoisotopic (exact) mass is 270 g/mol. The molecule has 1 aliphatic carbocycles. The molecular formula is C15H30N2O2. The molecule has 4 heteroatoms. The van der Waals surface area contributed by atoms with Gasteiger partial charge in [0.15, 0.2) is 0 Å². The summed E-state index contributed by atoms with van der Waals surface area (Å²) in [5, 5.41) is 3.30. The highest BCUT2D eigenvalue weighted by Gasteiger charge is 2.30. The van der Waals surface area contributed by atoms with Gasteiger partial charge in [0, 0.05) is 25.2 Å². The summed E-state index contributed by atoms with van der Waals surface area (Å²) in [6.07, 6.45) is 3.45. The maximum atomic E-state index is 11.8. The summed E-state index contributed by atoms with van der Waals surface area (Å²) >= 11 is 0. The molecule has 0 radical (unpaired) electrons. The third-order valence-electron chi connectivity index (χ3n) is 3.39. The second-order valence-corrected chi connectivity index (χ2v) is 6.31. The van der Waals surface area contributed by atoms with Crippen molar-refractivity contribution >= 4 is 5.97 Å². The first-order valence-electron chi connectivity index (χ1n) is 7.52. The van der Waals surface area contributed by atoms with Gasteiger partial charge in [0.1, 0.15) is 6.04 Å². The van der Waals surface area contributed by atoms with Gasteiger partial charge in [-0.1, -0.05) is 27.7 Å². The largest absolute Gasteiger partial charge is 0.468 e. The third-order valence-corrected chi connectivity index (χ3v) is 3.39. The van der Waals surface area contributed by atoms with Gasteiger partial charge in [-0.3, -0.25) is 4.79 Å². The van der Waals surface area contributed by atoms with E-state index in [0.29, 0.717) is 12.0 Å². The molecule has 1 N–H and O–H groups in total. The Hall–Kier alpha value is -0.610. The highest BCUT2D eigenvalue weighted by atomic mass is 16.5. The number of carbonyl (C=O) groups excluding carboxylic acids is 1. The van der Waals surface area contributed by atoms with Gasteiger partial charge in [0.05, 0.1) is 7.11 Å². The number of esters is 1. The van der Waals surface area contributed by atoms with E-state index in [4.69, 9.17) is 4.74 Å². The first kappa shape index (κ1) is 16.4. The summed E-state index contributed by atoms with van der Waals surface area (Å²) in [6.45, 7) is 10.7. The van der Waals surface area contributed by atoms with E-state index >= 15 is 0 Å². The van der Waals surface area contributed by atoms with Crippen LogP contribution in [0.2, 0.25) is 0 Å². The number of hydrogen-bond donors (Lipinski definition) is 1. The number of ether oxygens (including phenoxy) is 1. The number of nitrogens with one attached hydrogen (secondary N) is 1. The van der Waals surface area contributed by atoms with Crippen LogP contribution in [-0.4, -0.2) is 49.2 Å². The van der Waals surface area contributed by atoms with Gasteiger partial charge < -0.3 is 15.0 Å². The number of rotatable bonds is 9. The summed E-state index contributed by atoms with van der Waals surface area (Å²) in [7, 11) is 1.46. The second-order valence-electron chi connectivity index (χ2n) is 6.31. The van der Waals surface area contributed by atoms with Gasteiger partial charge in [0.25, 0.3) is 0 Å². The second kappa shape index (κ2) is 7.85. The molecule has 0 aliphatic heterocycles. The van der Waals surface area contributed by atoms with Crippen LogP contribution in [0.3, 0.4) is 0 Å². The summed E-state index contributed by atoms with van der Waals surface area (Å²) < 4.78 is 4.88. The lowest BCUT2D eigenvalue weighted by Crippen LogP contribution is -2.44. The van der Waals surface area contributed by atoms with Crippen molar-refractivity contribution in [2.24, 2.45) is 5.92 Å². The van der Waals surface area contributed by atoms with Crippen molar-refractivity contribution in [1.82, 2.24) is 10.2 Å². The van der Waals surface area contributed by atoms with Gasteiger partial charge in [0.2, 0.25) is 0 Å². The molecule has 1 saturated carbocycles. The maximum Gasteiger partial charge on any atom is 0.322 e. The zero-order chi connectivity index (χ0) is 14.4. The molecule has 0 bridgehead atoms. The van der Waals surface area contributed by atoms with Gasteiger partial charge in [-0.05, 0) is 25.2 Å². The zero-order valence-electron chi connectivity index (χ0n) is 13.1. The molecule has 1 aliphatic rings. The lowest BCUT2D eigenvalue weighted by Gasteiger charge is -2.27. The lowest BCUT2D eigenvalue weighted by molar-refractivity contribution is -0.143. The number of hydrogen-bond acceptors (Lipinski definition) is 4. The molecule has 1 unspecified atom stereocenters. The molecule has 0 amide bonds. The Morgan fingerprint density at radius 1 is 1.32 bits per heavy atom. The van der Waals surface area contributed by atoms with Crippen molar-refractivity contribution < 1.29 is 9.53 Å². The summed E-state index contributed by atoms with van der Waals surface area (Å²) in [5.74, 6) is 0.532. The number of carbonyl (C=O) groups is 1. The normalized spacial score (nSPS) is 17.3. The van der Waals surface area contributed by atoms with E-state index in [1.165, 1.54) is 20.0 Å². The van der Waals surface area contributed by atoms with Crippen LogP contribution in [0, 0.1) is 5.92 Å². The van der Waals surface area contributed by atoms with Crippen LogP contribution >= 0.6 is 0 Å². The minimum absolute atomic E-state index is 0.144. The molecule has 1 fully saturated rings. The van der Waals surface area contributed by atoms with E-state index in [1.54, 1.807) is 0 Å². The van der Waals surface area contributed by atoms with Crippen molar-refractivity contribution in [3.05, 3.63) is 0 Å². The van der Waals surface area contributed by atoms with Crippen LogP contribution in [0.4, 0.5) is 0 Å². The van der Waals surface area contributed by atoms with Crippen LogP contribution in [0.1, 0.15) is 47.0 Å². The predicted octanol–water partition coefficient (Wildman–Crippen LogP) is 2.04. The molecule has 0 spiro atoms. The molecule has 0 aromatic heterocycles. The molecule has 4 nitrogen and oxygen atoms in total. The van der Waals surface area contributed by atoms with Crippen LogP contribution in [0.15, 0.2) is 0 Å². The highest BCUT2D eigenvalue weighted by Crippen LogP contribution is 2.27. The van der Waals surface area contributed by atoms with E-state index in [1.807, 2.05) is 0 Å². The average Bonchev–Trinajstić information content (AvgIpc) is 3.14. The lowest BCUT2D eigenvalue weighted by atomic mass is 10.1. The summed E-state index contributed by atoms with van der Waals surface area (Å²) in [4.78, 5) is 14.3. The molecule has 112 valence electrons. The Morgan fingerprint density at radius 2 is 1.95 bits per heavy atom. The fraction of sp³-hybridized carbons (Fsp3) is 0.933. The van der Waals surface area contributed by atoms with Crippen LogP contribution in [0.5, 0.6) is 0 Å². The molecule has 19 heavy (non-hydrogen) atoms. The van der Waals surface area contributed by atoms with Crippen molar-refractivity contribution in [2.45, 2.75) is 65.1 Å².